The van der Waals surface area contributed by atoms with Gasteiger partial charge in [-0.15, -0.1) is 0 Å². The molecule has 0 N–H and O–H groups in total. The van der Waals surface area contributed by atoms with Gasteiger partial charge in [-0.2, -0.15) is 0 Å². The first kappa shape index (κ1) is 80.2. The first-order valence-corrected chi connectivity index (χ1v) is 43.1. The van der Waals surface area contributed by atoms with E-state index in [1.165, 1.54) is 321 Å². The SMILES string of the molecule is CCCCCCCCCCCCCCCCCCCCCC(=O)[O][Sn]([CH2]CCCCCCC)([O]C(=O)CCCCCCCCCCCCCCCCCCCCC)[O]C(=O)CCCCCCCCCCCCCCCCCCCCC. The van der Waals surface area contributed by atoms with Gasteiger partial charge in [-0.3, -0.25) is 0 Å². The standard InChI is InChI=1S/3C22H44O2.C8H17.Sn/c3*1-2-3-4-5-6-7-8-9-10-11-12-13-14-15-16-17-18-19-20-21-22(23)24;1-3-5-7-8-6-4-2;/h3*2-21H2,1H3,(H,23,24);1,3-8H2,2H3;/q;;;;+3/p-3. The normalized spacial score (nSPS) is 11.7. The second kappa shape index (κ2) is 68.3. The molecule has 81 heavy (non-hydrogen) atoms. The fraction of sp³-hybridized carbons (Fsp3) is 0.959. The van der Waals surface area contributed by atoms with Crippen LogP contribution in [0.15, 0.2) is 0 Å². The average Bonchev–Trinajstić information content (AvgIpc) is 3.45. The summed E-state index contributed by atoms with van der Waals surface area (Å²) in [5.74, 6) is -1.01. The molecule has 0 spiro atoms. The molecule has 0 saturated carbocycles. The zero-order valence-electron chi connectivity index (χ0n) is 55.8. The Morgan fingerprint density at radius 1 is 0.185 bits per heavy atom. The Morgan fingerprint density at radius 3 is 0.457 bits per heavy atom. The van der Waals surface area contributed by atoms with Crippen molar-refractivity contribution in [1.82, 2.24) is 0 Å². The van der Waals surface area contributed by atoms with Crippen molar-refractivity contribution in [2.75, 3.05) is 0 Å². The van der Waals surface area contributed by atoms with Crippen molar-refractivity contribution in [3.8, 4) is 0 Å². The fourth-order valence-corrected chi connectivity index (χ4v) is 19.1. The van der Waals surface area contributed by atoms with Crippen LogP contribution in [-0.4, -0.2) is 37.5 Å². The first-order chi connectivity index (χ1) is 39.9. The van der Waals surface area contributed by atoms with Crippen LogP contribution in [0.4, 0.5) is 0 Å². The van der Waals surface area contributed by atoms with E-state index in [0.29, 0.717) is 23.7 Å². The van der Waals surface area contributed by atoms with E-state index in [1.807, 2.05) is 0 Å². The van der Waals surface area contributed by atoms with Gasteiger partial charge in [0.15, 0.2) is 0 Å². The van der Waals surface area contributed by atoms with Crippen LogP contribution in [-0.2, 0) is 23.6 Å². The van der Waals surface area contributed by atoms with Crippen molar-refractivity contribution >= 4 is 37.5 Å². The monoisotopic (exact) mass is 1250 g/mol. The van der Waals surface area contributed by atoms with Crippen LogP contribution in [0.3, 0.4) is 0 Å². The van der Waals surface area contributed by atoms with E-state index in [9.17, 15) is 14.4 Å². The van der Waals surface area contributed by atoms with Gasteiger partial charge < -0.3 is 0 Å². The fourth-order valence-electron chi connectivity index (χ4n) is 12.1. The van der Waals surface area contributed by atoms with Gasteiger partial charge in [0.1, 0.15) is 0 Å². The van der Waals surface area contributed by atoms with Gasteiger partial charge in [0.2, 0.25) is 0 Å². The Morgan fingerprint density at radius 2 is 0.309 bits per heavy atom. The summed E-state index contributed by atoms with van der Waals surface area (Å²) >= 11 is -4.95. The van der Waals surface area contributed by atoms with Gasteiger partial charge >= 0.3 is 304 Å². The molecule has 0 aliphatic rings. The van der Waals surface area contributed by atoms with Gasteiger partial charge in [0.05, 0.1) is 0 Å². The molecule has 0 rings (SSSR count). The van der Waals surface area contributed by atoms with E-state index < -0.39 is 19.6 Å². The number of hydrogen-bond acceptors (Lipinski definition) is 6. The molecule has 0 radical (unpaired) electrons. The Bertz CT molecular complexity index is 1120. The molecule has 0 aromatic heterocycles. The van der Waals surface area contributed by atoms with Crippen LogP contribution in [0.2, 0.25) is 4.44 Å². The van der Waals surface area contributed by atoms with E-state index in [-0.39, 0.29) is 17.9 Å². The molecule has 0 aliphatic heterocycles. The minimum Gasteiger partial charge on any atom is -0.0654 e. The number of carbonyl (C=O) groups is 3. The molecule has 6 nitrogen and oxygen atoms in total. The molecule has 0 fully saturated rings. The molecule has 0 heterocycles. The molecule has 0 bridgehead atoms. The van der Waals surface area contributed by atoms with Gasteiger partial charge in [0.25, 0.3) is 0 Å². The minimum atomic E-state index is -4.95. The topological polar surface area (TPSA) is 78.9 Å². The van der Waals surface area contributed by atoms with Crippen LogP contribution in [0.1, 0.15) is 451 Å². The van der Waals surface area contributed by atoms with Crippen LogP contribution in [0.25, 0.3) is 0 Å². The van der Waals surface area contributed by atoms with Gasteiger partial charge in [-0.05, 0) is 0 Å². The maximum absolute atomic E-state index is 13.7. The molecular weight excluding hydrogens is 1100 g/mol. The summed E-state index contributed by atoms with van der Waals surface area (Å²) in [6, 6.07) is 0. The predicted molar refractivity (Wildman–Crippen MR) is 356 cm³/mol. The van der Waals surface area contributed by atoms with E-state index in [1.54, 1.807) is 0 Å². The van der Waals surface area contributed by atoms with E-state index in [2.05, 4.69) is 27.7 Å². The molecule has 0 saturated heterocycles. The third kappa shape index (κ3) is 63.5. The Balaban J connectivity index is 4.95. The molecule has 482 valence electrons. The third-order valence-corrected chi connectivity index (χ3v) is 25.0. The summed E-state index contributed by atoms with van der Waals surface area (Å²) in [6.07, 6.45) is 81.8. The van der Waals surface area contributed by atoms with Crippen molar-refractivity contribution in [3.05, 3.63) is 0 Å². The summed E-state index contributed by atoms with van der Waals surface area (Å²) in [5.41, 5.74) is 0. The number of hydrogen-bond donors (Lipinski definition) is 0. The molecule has 0 amide bonds. The van der Waals surface area contributed by atoms with E-state index in [4.69, 9.17) is 9.22 Å². The van der Waals surface area contributed by atoms with Gasteiger partial charge in [0, 0.05) is 0 Å². The maximum atomic E-state index is 13.7. The van der Waals surface area contributed by atoms with Crippen molar-refractivity contribution in [2.45, 2.75) is 456 Å². The van der Waals surface area contributed by atoms with Crippen LogP contribution >= 0.6 is 0 Å². The molecule has 0 atom stereocenters. The zero-order chi connectivity index (χ0) is 58.7. The third-order valence-electron chi connectivity index (χ3n) is 17.6. The average molecular weight is 1250 g/mol. The Kier molecular flexibility index (Phi) is 67.7. The van der Waals surface area contributed by atoms with Crippen molar-refractivity contribution < 1.29 is 23.6 Å². The summed E-state index contributed by atoms with van der Waals surface area (Å²) in [5, 5.41) is 0. The Hall–Kier alpha value is -0.791. The summed E-state index contributed by atoms with van der Waals surface area (Å²) < 4.78 is 19.4. The Labute approximate surface area is 513 Å². The van der Waals surface area contributed by atoms with Gasteiger partial charge in [-0.25, -0.2) is 0 Å². The number of carbonyl (C=O) groups excluding carboxylic acids is 3. The molecule has 0 aromatic carbocycles. The molecular formula is C74H146O6Sn. The number of rotatable bonds is 70. The first-order valence-electron chi connectivity index (χ1n) is 37.6. The second-order valence-corrected chi connectivity index (χ2v) is 33.0. The summed E-state index contributed by atoms with van der Waals surface area (Å²) in [6.45, 7) is 9.11. The minimum absolute atomic E-state index is 0.293. The predicted octanol–water partition coefficient (Wildman–Crippen LogP) is 26.4. The smallest absolute Gasteiger partial charge is 0.0654 e. The molecule has 0 aromatic rings. The van der Waals surface area contributed by atoms with E-state index in [0.717, 1.165) is 83.5 Å². The second-order valence-electron chi connectivity index (χ2n) is 26.0. The van der Waals surface area contributed by atoms with Crippen molar-refractivity contribution in [3.63, 3.8) is 0 Å². The zero-order valence-corrected chi connectivity index (χ0v) is 58.7. The van der Waals surface area contributed by atoms with E-state index >= 15 is 0 Å². The van der Waals surface area contributed by atoms with Crippen LogP contribution < -0.4 is 0 Å². The van der Waals surface area contributed by atoms with Gasteiger partial charge in [-0.1, -0.05) is 213 Å². The summed E-state index contributed by atoms with van der Waals surface area (Å²) in [7, 11) is 0. The molecule has 0 aliphatic carbocycles. The molecule has 7 heteroatoms. The van der Waals surface area contributed by atoms with Crippen molar-refractivity contribution in [2.24, 2.45) is 0 Å². The molecule has 0 unspecified atom stereocenters. The summed E-state index contributed by atoms with van der Waals surface area (Å²) in [4.78, 5) is 41.1. The van der Waals surface area contributed by atoms with Crippen LogP contribution in [0.5, 0.6) is 0 Å². The number of unbranched alkanes of at least 4 members (excludes halogenated alkanes) is 59. The van der Waals surface area contributed by atoms with Crippen LogP contribution in [0, 0.1) is 0 Å². The quantitative estimate of drug-likeness (QED) is 0.0446. The van der Waals surface area contributed by atoms with Crippen molar-refractivity contribution in [1.29, 1.82) is 0 Å².